The number of aliphatic hydroxyl groups is 1. The van der Waals surface area contributed by atoms with Crippen molar-refractivity contribution < 1.29 is 19.1 Å². The zero-order valence-electron chi connectivity index (χ0n) is 10.6. The Kier molecular flexibility index (Phi) is 3.90. The lowest BCUT2D eigenvalue weighted by atomic mass is 9.98. The van der Waals surface area contributed by atoms with Crippen LogP contribution >= 0.6 is 0 Å². The maximum absolute atomic E-state index is 11.7. The van der Waals surface area contributed by atoms with Gasteiger partial charge in [-0.2, -0.15) is 0 Å². The SMILES string of the molecule is NC(=O)c1ccc(CNC(=O)CC2(O)CCCC2)o1. The molecule has 6 nitrogen and oxygen atoms in total. The number of furan rings is 1. The van der Waals surface area contributed by atoms with Gasteiger partial charge in [0.15, 0.2) is 5.76 Å². The molecule has 1 aromatic rings. The van der Waals surface area contributed by atoms with E-state index in [1.807, 2.05) is 0 Å². The first-order chi connectivity index (χ1) is 8.98. The second-order valence-electron chi connectivity index (χ2n) is 5.02. The van der Waals surface area contributed by atoms with Crippen LogP contribution in [0, 0.1) is 0 Å². The molecule has 0 aliphatic heterocycles. The zero-order chi connectivity index (χ0) is 13.9. The molecule has 1 saturated carbocycles. The van der Waals surface area contributed by atoms with Crippen LogP contribution in [0.5, 0.6) is 0 Å². The number of hydrogen-bond acceptors (Lipinski definition) is 4. The van der Waals surface area contributed by atoms with Crippen LogP contribution < -0.4 is 11.1 Å². The summed E-state index contributed by atoms with van der Waals surface area (Å²) in [6.45, 7) is 0.183. The summed E-state index contributed by atoms with van der Waals surface area (Å²) < 4.78 is 5.14. The van der Waals surface area contributed by atoms with E-state index < -0.39 is 11.5 Å². The van der Waals surface area contributed by atoms with Gasteiger partial charge in [-0.25, -0.2) is 0 Å². The number of carbonyl (C=O) groups is 2. The lowest BCUT2D eigenvalue weighted by molar-refractivity contribution is -0.126. The molecule has 1 aliphatic rings. The van der Waals surface area contributed by atoms with Crippen molar-refractivity contribution in [3.63, 3.8) is 0 Å². The first kappa shape index (κ1) is 13.6. The van der Waals surface area contributed by atoms with Crippen molar-refractivity contribution in [1.82, 2.24) is 5.32 Å². The summed E-state index contributed by atoms with van der Waals surface area (Å²) in [4.78, 5) is 22.5. The highest BCUT2D eigenvalue weighted by Gasteiger charge is 2.33. The minimum atomic E-state index is -0.856. The van der Waals surface area contributed by atoms with Gasteiger partial charge in [0.05, 0.1) is 18.6 Å². The van der Waals surface area contributed by atoms with Crippen LogP contribution in [0.25, 0.3) is 0 Å². The Morgan fingerprint density at radius 3 is 2.63 bits per heavy atom. The summed E-state index contributed by atoms with van der Waals surface area (Å²) in [7, 11) is 0. The van der Waals surface area contributed by atoms with Crippen LogP contribution in [0.1, 0.15) is 48.4 Å². The molecule has 0 atom stereocenters. The van der Waals surface area contributed by atoms with Gasteiger partial charge >= 0.3 is 0 Å². The molecule has 0 spiro atoms. The molecule has 4 N–H and O–H groups in total. The molecule has 6 heteroatoms. The van der Waals surface area contributed by atoms with Gasteiger partial charge in [0, 0.05) is 0 Å². The molecule has 1 fully saturated rings. The normalized spacial score (nSPS) is 17.3. The molecule has 0 aromatic carbocycles. The van der Waals surface area contributed by atoms with Gasteiger partial charge in [-0.15, -0.1) is 0 Å². The third-order valence-corrected chi connectivity index (χ3v) is 3.39. The number of nitrogens with one attached hydrogen (secondary N) is 1. The number of carbonyl (C=O) groups excluding carboxylic acids is 2. The van der Waals surface area contributed by atoms with Gasteiger partial charge in [-0.05, 0) is 25.0 Å². The molecule has 0 bridgehead atoms. The van der Waals surface area contributed by atoms with Gasteiger partial charge in [-0.3, -0.25) is 9.59 Å². The predicted octanol–water partition coefficient (Wildman–Crippen LogP) is 0.690. The lowest BCUT2D eigenvalue weighted by Gasteiger charge is -2.20. The van der Waals surface area contributed by atoms with Crippen molar-refractivity contribution in [1.29, 1.82) is 0 Å². The standard InChI is InChI=1S/C13H18N2O4/c14-12(17)10-4-3-9(19-10)8-15-11(16)7-13(18)5-1-2-6-13/h3-4,18H,1-2,5-8H2,(H2,14,17)(H,15,16). The number of primary amides is 1. The molecule has 2 rings (SSSR count). The summed E-state index contributed by atoms with van der Waals surface area (Å²) in [5.74, 6) is -0.335. The Morgan fingerprint density at radius 1 is 1.37 bits per heavy atom. The molecule has 0 radical (unpaired) electrons. The van der Waals surface area contributed by atoms with E-state index in [4.69, 9.17) is 10.2 Å². The molecule has 0 unspecified atom stereocenters. The van der Waals surface area contributed by atoms with Gasteiger partial charge in [0.2, 0.25) is 5.91 Å². The topological polar surface area (TPSA) is 106 Å². The van der Waals surface area contributed by atoms with E-state index in [0.717, 1.165) is 12.8 Å². The maximum atomic E-state index is 11.7. The second-order valence-corrected chi connectivity index (χ2v) is 5.02. The van der Waals surface area contributed by atoms with Crippen LogP contribution in [-0.2, 0) is 11.3 Å². The van der Waals surface area contributed by atoms with Crippen LogP contribution in [0.3, 0.4) is 0 Å². The van der Waals surface area contributed by atoms with E-state index >= 15 is 0 Å². The second kappa shape index (κ2) is 5.44. The first-order valence-electron chi connectivity index (χ1n) is 6.36. The average molecular weight is 266 g/mol. The average Bonchev–Trinajstić information content (AvgIpc) is 2.95. The monoisotopic (exact) mass is 266 g/mol. The minimum absolute atomic E-state index is 0.0682. The van der Waals surface area contributed by atoms with Crippen LogP contribution in [0.4, 0.5) is 0 Å². The Labute approximate surface area is 111 Å². The van der Waals surface area contributed by atoms with E-state index in [1.54, 1.807) is 6.07 Å². The predicted molar refractivity (Wildman–Crippen MR) is 67.1 cm³/mol. The lowest BCUT2D eigenvalue weighted by Crippen LogP contribution is -2.34. The fraction of sp³-hybridized carbons (Fsp3) is 0.538. The smallest absolute Gasteiger partial charge is 0.284 e. The van der Waals surface area contributed by atoms with Gasteiger partial charge in [-0.1, -0.05) is 12.8 Å². The largest absolute Gasteiger partial charge is 0.454 e. The molecule has 19 heavy (non-hydrogen) atoms. The summed E-state index contributed by atoms with van der Waals surface area (Å²) >= 11 is 0. The number of nitrogens with two attached hydrogens (primary N) is 1. The highest BCUT2D eigenvalue weighted by Crippen LogP contribution is 2.32. The summed E-state index contributed by atoms with van der Waals surface area (Å²) in [5.41, 5.74) is 4.20. The Morgan fingerprint density at radius 2 is 2.05 bits per heavy atom. The van der Waals surface area contributed by atoms with Crippen LogP contribution in [-0.4, -0.2) is 22.5 Å². The van der Waals surface area contributed by atoms with Crippen molar-refractivity contribution >= 4 is 11.8 Å². The van der Waals surface area contributed by atoms with Gasteiger partial charge < -0.3 is 20.6 Å². The van der Waals surface area contributed by atoms with Crippen LogP contribution in [0.15, 0.2) is 16.5 Å². The number of rotatable bonds is 5. The molecule has 2 amide bonds. The number of hydrogen-bond donors (Lipinski definition) is 3. The molecular formula is C13H18N2O4. The quantitative estimate of drug-likeness (QED) is 0.729. The molecule has 104 valence electrons. The highest BCUT2D eigenvalue weighted by molar-refractivity contribution is 5.89. The van der Waals surface area contributed by atoms with Crippen molar-refractivity contribution in [2.75, 3.05) is 0 Å². The molecular weight excluding hydrogens is 248 g/mol. The van der Waals surface area contributed by atoms with Crippen molar-refractivity contribution in [2.45, 2.75) is 44.2 Å². The van der Waals surface area contributed by atoms with E-state index in [1.165, 1.54) is 6.07 Å². The molecule has 1 heterocycles. The number of amides is 2. The van der Waals surface area contributed by atoms with Gasteiger partial charge in [0.1, 0.15) is 5.76 Å². The third-order valence-electron chi connectivity index (χ3n) is 3.39. The minimum Gasteiger partial charge on any atom is -0.454 e. The van der Waals surface area contributed by atoms with Crippen molar-refractivity contribution in [2.24, 2.45) is 5.73 Å². The third kappa shape index (κ3) is 3.57. The Balaban J connectivity index is 1.81. The summed E-state index contributed by atoms with van der Waals surface area (Å²) in [6, 6.07) is 3.05. The van der Waals surface area contributed by atoms with E-state index in [-0.39, 0.29) is 24.6 Å². The molecule has 0 saturated heterocycles. The fourth-order valence-corrected chi connectivity index (χ4v) is 2.36. The zero-order valence-corrected chi connectivity index (χ0v) is 10.6. The highest BCUT2D eigenvalue weighted by atomic mass is 16.4. The Hall–Kier alpha value is -1.82. The fourth-order valence-electron chi connectivity index (χ4n) is 2.36. The van der Waals surface area contributed by atoms with E-state index in [9.17, 15) is 14.7 Å². The van der Waals surface area contributed by atoms with Gasteiger partial charge in [0.25, 0.3) is 5.91 Å². The Bertz CT molecular complexity index is 475. The summed E-state index contributed by atoms with van der Waals surface area (Å²) in [5, 5.41) is 12.7. The molecule has 1 aromatic heterocycles. The maximum Gasteiger partial charge on any atom is 0.284 e. The van der Waals surface area contributed by atoms with Crippen molar-refractivity contribution in [3.8, 4) is 0 Å². The van der Waals surface area contributed by atoms with E-state index in [0.29, 0.717) is 18.6 Å². The van der Waals surface area contributed by atoms with Crippen LogP contribution in [0.2, 0.25) is 0 Å². The van der Waals surface area contributed by atoms with E-state index in [2.05, 4.69) is 5.32 Å². The first-order valence-corrected chi connectivity index (χ1v) is 6.36. The van der Waals surface area contributed by atoms with Crippen molar-refractivity contribution in [3.05, 3.63) is 23.7 Å². The molecule has 1 aliphatic carbocycles. The summed E-state index contributed by atoms with van der Waals surface area (Å²) in [6.07, 6.45) is 3.38.